The third-order valence-corrected chi connectivity index (χ3v) is 3.08. The van der Waals surface area contributed by atoms with Crippen LogP contribution >= 0.6 is 0 Å². The van der Waals surface area contributed by atoms with E-state index in [9.17, 15) is 4.79 Å². The Labute approximate surface area is 126 Å². The number of hydrazone groups is 1. The monoisotopic (exact) mass is 294 g/mol. The van der Waals surface area contributed by atoms with Gasteiger partial charge in [0.25, 0.3) is 5.56 Å². The summed E-state index contributed by atoms with van der Waals surface area (Å²) in [6.07, 6.45) is 1.60. The first-order valence-corrected chi connectivity index (χ1v) is 6.68. The minimum atomic E-state index is -0.318. The summed E-state index contributed by atoms with van der Waals surface area (Å²) in [5, 5.41) is 4.04. The van der Waals surface area contributed by atoms with Gasteiger partial charge in [-0.05, 0) is 29.8 Å². The highest BCUT2D eigenvalue weighted by Crippen LogP contribution is 2.11. The molecule has 3 aromatic rings. The lowest BCUT2D eigenvalue weighted by atomic mass is 10.2. The number of nitrogens with zero attached hydrogens (tertiary/aromatic N) is 2. The van der Waals surface area contributed by atoms with Crippen molar-refractivity contribution in [3.8, 4) is 5.75 Å². The van der Waals surface area contributed by atoms with Crippen molar-refractivity contribution in [2.75, 3.05) is 12.5 Å². The molecule has 0 saturated heterocycles. The molecule has 6 heteroatoms. The molecule has 3 rings (SSSR count). The Morgan fingerprint density at radius 3 is 2.95 bits per heavy atom. The Morgan fingerprint density at radius 1 is 1.23 bits per heavy atom. The van der Waals surface area contributed by atoms with Gasteiger partial charge in [-0.1, -0.05) is 24.3 Å². The molecule has 0 unspecified atom stereocenters. The summed E-state index contributed by atoms with van der Waals surface area (Å²) in [7, 11) is 1.60. The Morgan fingerprint density at radius 2 is 2.09 bits per heavy atom. The summed E-state index contributed by atoms with van der Waals surface area (Å²) in [6.45, 7) is 0. The SMILES string of the molecule is COc1cccc(/C=N/Nc2nc3ccccc3[nH]c2=O)c1. The van der Waals surface area contributed by atoms with Crippen LogP contribution in [0.4, 0.5) is 5.82 Å². The van der Waals surface area contributed by atoms with Gasteiger partial charge in [-0.2, -0.15) is 5.10 Å². The minimum absolute atomic E-state index is 0.151. The van der Waals surface area contributed by atoms with Gasteiger partial charge in [-0.15, -0.1) is 0 Å². The normalized spacial score (nSPS) is 11.0. The van der Waals surface area contributed by atoms with E-state index in [-0.39, 0.29) is 11.4 Å². The van der Waals surface area contributed by atoms with Crippen molar-refractivity contribution in [1.29, 1.82) is 0 Å². The quantitative estimate of drug-likeness (QED) is 0.572. The first-order valence-electron chi connectivity index (χ1n) is 6.68. The lowest BCUT2D eigenvalue weighted by Crippen LogP contribution is -2.13. The first kappa shape index (κ1) is 13.8. The number of fused-ring (bicyclic) bond motifs is 1. The van der Waals surface area contributed by atoms with E-state index in [2.05, 4.69) is 20.5 Å². The van der Waals surface area contributed by atoms with Crippen LogP contribution in [0.3, 0.4) is 0 Å². The van der Waals surface area contributed by atoms with Crippen molar-refractivity contribution in [3.05, 3.63) is 64.4 Å². The molecule has 0 aliphatic heterocycles. The molecule has 0 spiro atoms. The summed E-state index contributed by atoms with van der Waals surface area (Å²) in [5.41, 5.74) is 4.58. The van der Waals surface area contributed by atoms with Crippen LogP contribution in [-0.4, -0.2) is 23.3 Å². The zero-order chi connectivity index (χ0) is 15.4. The van der Waals surface area contributed by atoms with Gasteiger partial charge in [0, 0.05) is 0 Å². The Kier molecular flexibility index (Phi) is 3.82. The number of ether oxygens (including phenoxy) is 1. The lowest BCUT2D eigenvalue weighted by molar-refractivity contribution is 0.415. The second kappa shape index (κ2) is 6.09. The molecule has 0 saturated carbocycles. The molecule has 1 aromatic heterocycles. The molecular weight excluding hydrogens is 280 g/mol. The van der Waals surface area contributed by atoms with Gasteiger partial charge in [0.1, 0.15) is 5.75 Å². The van der Waals surface area contributed by atoms with Crippen LogP contribution in [0.5, 0.6) is 5.75 Å². The molecule has 0 fully saturated rings. The molecule has 0 aliphatic rings. The molecular formula is C16H14N4O2. The van der Waals surface area contributed by atoms with E-state index < -0.39 is 0 Å². The smallest absolute Gasteiger partial charge is 0.293 e. The second-order valence-electron chi connectivity index (χ2n) is 4.58. The summed E-state index contributed by atoms with van der Waals surface area (Å²) >= 11 is 0. The predicted molar refractivity (Wildman–Crippen MR) is 86.6 cm³/mol. The van der Waals surface area contributed by atoms with Gasteiger partial charge in [0.15, 0.2) is 0 Å². The molecule has 6 nitrogen and oxygen atoms in total. The van der Waals surface area contributed by atoms with Crippen LogP contribution in [0.1, 0.15) is 5.56 Å². The van der Waals surface area contributed by atoms with Gasteiger partial charge in [0.2, 0.25) is 5.82 Å². The maximum absolute atomic E-state index is 11.9. The number of hydrogen-bond acceptors (Lipinski definition) is 5. The number of para-hydroxylation sites is 2. The summed E-state index contributed by atoms with van der Waals surface area (Å²) < 4.78 is 5.14. The van der Waals surface area contributed by atoms with Crippen LogP contribution in [0, 0.1) is 0 Å². The topological polar surface area (TPSA) is 79.4 Å². The Balaban J connectivity index is 1.82. The van der Waals surface area contributed by atoms with E-state index >= 15 is 0 Å². The highest BCUT2D eigenvalue weighted by atomic mass is 16.5. The first-order chi connectivity index (χ1) is 10.8. The zero-order valence-electron chi connectivity index (χ0n) is 11.9. The standard InChI is InChI=1S/C16H14N4O2/c1-22-12-6-4-5-11(9-12)10-17-20-15-16(21)19-14-8-3-2-7-13(14)18-15/h2-10H,1H3,(H,18,20)(H,19,21)/b17-10+. The van der Waals surface area contributed by atoms with Crippen molar-refractivity contribution >= 4 is 23.1 Å². The number of anilines is 1. The van der Waals surface area contributed by atoms with E-state index in [0.717, 1.165) is 11.3 Å². The van der Waals surface area contributed by atoms with Crippen LogP contribution in [0.15, 0.2) is 58.4 Å². The molecule has 2 aromatic carbocycles. The predicted octanol–water partition coefficient (Wildman–Crippen LogP) is 2.38. The van der Waals surface area contributed by atoms with Gasteiger partial charge in [-0.3, -0.25) is 10.2 Å². The minimum Gasteiger partial charge on any atom is -0.497 e. The number of rotatable bonds is 4. The number of hydrogen-bond donors (Lipinski definition) is 2. The largest absolute Gasteiger partial charge is 0.497 e. The van der Waals surface area contributed by atoms with Crippen LogP contribution in [0.2, 0.25) is 0 Å². The maximum atomic E-state index is 11.9. The van der Waals surface area contributed by atoms with Crippen molar-refractivity contribution in [3.63, 3.8) is 0 Å². The van der Waals surface area contributed by atoms with Gasteiger partial charge >= 0.3 is 0 Å². The van der Waals surface area contributed by atoms with Crippen molar-refractivity contribution < 1.29 is 4.74 Å². The highest BCUT2D eigenvalue weighted by Gasteiger charge is 2.02. The molecule has 0 bridgehead atoms. The second-order valence-corrected chi connectivity index (χ2v) is 4.58. The fourth-order valence-electron chi connectivity index (χ4n) is 2.00. The third kappa shape index (κ3) is 2.95. The van der Waals surface area contributed by atoms with E-state index in [4.69, 9.17) is 4.74 Å². The number of methoxy groups -OCH3 is 1. The van der Waals surface area contributed by atoms with Crippen molar-refractivity contribution in [2.45, 2.75) is 0 Å². The molecule has 0 aliphatic carbocycles. The third-order valence-electron chi connectivity index (χ3n) is 3.08. The summed E-state index contributed by atoms with van der Waals surface area (Å²) in [4.78, 5) is 18.9. The summed E-state index contributed by atoms with van der Waals surface area (Å²) in [5.74, 6) is 0.892. The average Bonchev–Trinajstić information content (AvgIpc) is 2.55. The van der Waals surface area contributed by atoms with Crippen molar-refractivity contribution in [1.82, 2.24) is 9.97 Å². The average molecular weight is 294 g/mol. The van der Waals surface area contributed by atoms with E-state index in [0.29, 0.717) is 11.0 Å². The molecule has 0 amide bonds. The molecule has 2 N–H and O–H groups in total. The number of aromatic amines is 1. The number of H-pyrrole nitrogens is 1. The fraction of sp³-hybridized carbons (Fsp3) is 0.0625. The molecule has 1 heterocycles. The molecule has 22 heavy (non-hydrogen) atoms. The van der Waals surface area contributed by atoms with E-state index in [1.54, 1.807) is 19.4 Å². The molecule has 0 atom stereocenters. The van der Waals surface area contributed by atoms with Gasteiger partial charge in [0.05, 0.1) is 24.4 Å². The lowest BCUT2D eigenvalue weighted by Gasteiger charge is -2.02. The van der Waals surface area contributed by atoms with E-state index in [1.807, 2.05) is 42.5 Å². The van der Waals surface area contributed by atoms with Crippen LogP contribution in [0.25, 0.3) is 11.0 Å². The van der Waals surface area contributed by atoms with Crippen LogP contribution in [-0.2, 0) is 0 Å². The van der Waals surface area contributed by atoms with Crippen molar-refractivity contribution in [2.24, 2.45) is 5.10 Å². The molecule has 110 valence electrons. The zero-order valence-corrected chi connectivity index (χ0v) is 11.9. The number of aromatic nitrogens is 2. The van der Waals surface area contributed by atoms with Crippen LogP contribution < -0.4 is 15.7 Å². The maximum Gasteiger partial charge on any atom is 0.293 e. The van der Waals surface area contributed by atoms with Gasteiger partial charge in [-0.25, -0.2) is 4.98 Å². The Bertz CT molecular complexity index is 886. The number of benzene rings is 2. The van der Waals surface area contributed by atoms with E-state index in [1.165, 1.54) is 0 Å². The number of nitrogens with one attached hydrogen (secondary N) is 2. The molecule has 0 radical (unpaired) electrons. The summed E-state index contributed by atoms with van der Waals surface area (Å²) in [6, 6.07) is 14.7. The van der Waals surface area contributed by atoms with Gasteiger partial charge < -0.3 is 9.72 Å². The fourth-order valence-corrected chi connectivity index (χ4v) is 2.00. The highest BCUT2D eigenvalue weighted by molar-refractivity contribution is 5.81. The Hall–Kier alpha value is -3.15.